The van der Waals surface area contributed by atoms with E-state index in [4.69, 9.17) is 16.3 Å². The summed E-state index contributed by atoms with van der Waals surface area (Å²) in [5, 5.41) is 3.88. The number of carbonyl (C=O) groups excluding carboxylic acids is 1. The molecular weight excluding hydrogens is 376 g/mol. The second kappa shape index (κ2) is 7.70. The Hall–Kier alpha value is -3.38. The topological polar surface area (TPSA) is 79.9 Å². The predicted molar refractivity (Wildman–Crippen MR) is 110 cm³/mol. The van der Waals surface area contributed by atoms with Crippen LogP contribution in [0.15, 0.2) is 60.8 Å². The minimum Gasteiger partial charge on any atom is -0.457 e. The molecular formula is C21H17ClN4O2. The summed E-state index contributed by atoms with van der Waals surface area (Å²) in [6.07, 6.45) is 1.97. The number of aromatic nitrogens is 3. The SMILES string of the molecule is CCC(=O)c1cc(Oc2ccc3nc(Nc4ccc(Cl)cc4)[nH]c3c2)ccn1. The number of benzene rings is 2. The molecule has 6 nitrogen and oxygen atoms in total. The average molecular weight is 393 g/mol. The van der Waals surface area contributed by atoms with Crippen LogP contribution in [0.25, 0.3) is 11.0 Å². The van der Waals surface area contributed by atoms with Crippen molar-refractivity contribution in [3.8, 4) is 11.5 Å². The van der Waals surface area contributed by atoms with Crippen molar-refractivity contribution >= 4 is 40.1 Å². The molecule has 0 spiro atoms. The summed E-state index contributed by atoms with van der Waals surface area (Å²) < 4.78 is 5.89. The van der Waals surface area contributed by atoms with Gasteiger partial charge in [-0.2, -0.15) is 0 Å². The van der Waals surface area contributed by atoms with Gasteiger partial charge in [0.15, 0.2) is 5.78 Å². The summed E-state index contributed by atoms with van der Waals surface area (Å²) in [5.74, 6) is 1.79. The van der Waals surface area contributed by atoms with Gasteiger partial charge in [-0.25, -0.2) is 4.98 Å². The standard InChI is InChI=1S/C21H17ClN4O2/c1-2-20(27)19-12-16(9-10-23-19)28-15-7-8-17-18(11-15)26-21(25-17)24-14-5-3-13(22)4-6-14/h3-12H,2H2,1H3,(H2,24,25,26). The van der Waals surface area contributed by atoms with Gasteiger partial charge >= 0.3 is 0 Å². The normalized spacial score (nSPS) is 10.8. The Kier molecular flexibility index (Phi) is 4.95. The number of rotatable bonds is 6. The van der Waals surface area contributed by atoms with Crippen LogP contribution >= 0.6 is 11.6 Å². The van der Waals surface area contributed by atoms with Crippen LogP contribution in [0.4, 0.5) is 11.6 Å². The Morgan fingerprint density at radius 1 is 1.11 bits per heavy atom. The molecule has 0 saturated carbocycles. The number of hydrogen-bond acceptors (Lipinski definition) is 5. The van der Waals surface area contributed by atoms with E-state index in [1.165, 1.54) is 0 Å². The fourth-order valence-corrected chi connectivity index (χ4v) is 2.85. The number of aromatic amines is 1. The third-order valence-corrected chi connectivity index (χ3v) is 4.39. The van der Waals surface area contributed by atoms with E-state index < -0.39 is 0 Å². The van der Waals surface area contributed by atoms with Gasteiger partial charge < -0.3 is 15.0 Å². The highest BCUT2D eigenvalue weighted by Crippen LogP contribution is 2.27. The zero-order valence-corrected chi connectivity index (χ0v) is 15.8. The van der Waals surface area contributed by atoms with E-state index in [1.807, 2.05) is 42.5 Å². The Labute approximate surface area is 166 Å². The first kappa shape index (κ1) is 18.0. The van der Waals surface area contributed by atoms with Crippen molar-refractivity contribution in [3.05, 3.63) is 71.5 Å². The number of nitrogens with zero attached hydrogens (tertiary/aromatic N) is 2. The van der Waals surface area contributed by atoms with E-state index in [2.05, 4.69) is 20.3 Å². The third-order valence-electron chi connectivity index (χ3n) is 4.13. The maximum absolute atomic E-state index is 11.8. The maximum Gasteiger partial charge on any atom is 0.205 e. The Morgan fingerprint density at radius 2 is 1.89 bits per heavy atom. The van der Waals surface area contributed by atoms with Crippen molar-refractivity contribution in [3.63, 3.8) is 0 Å². The summed E-state index contributed by atoms with van der Waals surface area (Å²) >= 11 is 5.91. The highest BCUT2D eigenvalue weighted by Gasteiger charge is 2.08. The van der Waals surface area contributed by atoms with E-state index in [0.717, 1.165) is 16.7 Å². The van der Waals surface area contributed by atoms with Crippen molar-refractivity contribution in [2.75, 3.05) is 5.32 Å². The molecule has 0 atom stereocenters. The predicted octanol–water partition coefficient (Wildman–Crippen LogP) is 5.74. The molecule has 28 heavy (non-hydrogen) atoms. The Bertz CT molecular complexity index is 1140. The molecule has 4 aromatic rings. The van der Waals surface area contributed by atoms with Gasteiger partial charge in [0, 0.05) is 35.5 Å². The van der Waals surface area contributed by atoms with Crippen LogP contribution in [0.3, 0.4) is 0 Å². The highest BCUT2D eigenvalue weighted by atomic mass is 35.5. The molecule has 7 heteroatoms. The van der Waals surface area contributed by atoms with Crippen molar-refractivity contribution in [1.29, 1.82) is 0 Å². The molecule has 2 heterocycles. The minimum atomic E-state index is -0.0209. The molecule has 0 amide bonds. The first-order valence-corrected chi connectivity index (χ1v) is 9.18. The summed E-state index contributed by atoms with van der Waals surface area (Å²) in [4.78, 5) is 23.6. The van der Waals surface area contributed by atoms with E-state index in [1.54, 1.807) is 25.3 Å². The van der Waals surface area contributed by atoms with E-state index in [9.17, 15) is 4.79 Å². The van der Waals surface area contributed by atoms with E-state index in [0.29, 0.717) is 34.6 Å². The van der Waals surface area contributed by atoms with Gasteiger partial charge in [0.2, 0.25) is 5.95 Å². The van der Waals surface area contributed by atoms with Gasteiger partial charge in [0.05, 0.1) is 11.0 Å². The number of Topliss-reactive ketones (excluding diaryl/α,β-unsaturated/α-hetero) is 1. The number of anilines is 2. The van der Waals surface area contributed by atoms with Crippen molar-refractivity contribution < 1.29 is 9.53 Å². The van der Waals surface area contributed by atoms with Gasteiger partial charge in [-0.05, 0) is 42.5 Å². The molecule has 0 unspecified atom stereocenters. The van der Waals surface area contributed by atoms with E-state index in [-0.39, 0.29) is 5.78 Å². The van der Waals surface area contributed by atoms with E-state index >= 15 is 0 Å². The summed E-state index contributed by atoms with van der Waals surface area (Å²) in [7, 11) is 0. The number of imidazole rings is 1. The number of ether oxygens (including phenoxy) is 1. The summed E-state index contributed by atoms with van der Waals surface area (Å²) in [6.45, 7) is 1.80. The largest absolute Gasteiger partial charge is 0.457 e. The quantitative estimate of drug-likeness (QED) is 0.409. The molecule has 0 aliphatic carbocycles. The third kappa shape index (κ3) is 3.97. The zero-order chi connectivity index (χ0) is 19.5. The Balaban J connectivity index is 1.55. The monoisotopic (exact) mass is 392 g/mol. The molecule has 0 radical (unpaired) electrons. The minimum absolute atomic E-state index is 0.0209. The molecule has 140 valence electrons. The molecule has 2 aromatic carbocycles. The van der Waals surface area contributed by atoms with Gasteiger partial charge in [0.1, 0.15) is 17.2 Å². The van der Waals surface area contributed by atoms with Crippen molar-refractivity contribution in [2.45, 2.75) is 13.3 Å². The molecule has 2 N–H and O–H groups in total. The molecule has 0 aliphatic heterocycles. The number of carbonyl (C=O) groups is 1. The van der Waals surface area contributed by atoms with Crippen LogP contribution in [0.1, 0.15) is 23.8 Å². The van der Waals surface area contributed by atoms with Gasteiger partial charge in [-0.3, -0.25) is 9.78 Å². The lowest BCUT2D eigenvalue weighted by Crippen LogP contribution is -2.00. The summed E-state index contributed by atoms with van der Waals surface area (Å²) in [5.41, 5.74) is 2.91. The molecule has 0 fully saturated rings. The lowest BCUT2D eigenvalue weighted by molar-refractivity contribution is 0.0983. The van der Waals surface area contributed by atoms with Gasteiger partial charge in [-0.15, -0.1) is 0 Å². The fourth-order valence-electron chi connectivity index (χ4n) is 2.73. The molecule has 4 rings (SSSR count). The van der Waals surface area contributed by atoms with Crippen molar-refractivity contribution in [1.82, 2.24) is 15.0 Å². The number of fused-ring (bicyclic) bond motifs is 1. The van der Waals surface area contributed by atoms with Crippen LogP contribution < -0.4 is 10.1 Å². The van der Waals surface area contributed by atoms with Crippen LogP contribution in [-0.2, 0) is 0 Å². The second-order valence-electron chi connectivity index (χ2n) is 6.15. The number of H-pyrrole nitrogens is 1. The zero-order valence-electron chi connectivity index (χ0n) is 15.1. The molecule has 0 bridgehead atoms. The van der Waals surface area contributed by atoms with Crippen LogP contribution in [0.5, 0.6) is 11.5 Å². The molecule has 0 aliphatic rings. The number of nitrogens with one attached hydrogen (secondary N) is 2. The van der Waals surface area contributed by atoms with Crippen LogP contribution in [-0.4, -0.2) is 20.7 Å². The lowest BCUT2D eigenvalue weighted by Gasteiger charge is -2.06. The first-order chi connectivity index (χ1) is 13.6. The number of ketones is 1. The lowest BCUT2D eigenvalue weighted by atomic mass is 10.2. The number of hydrogen-bond donors (Lipinski definition) is 2. The Morgan fingerprint density at radius 3 is 2.68 bits per heavy atom. The van der Waals surface area contributed by atoms with Gasteiger partial charge in [-0.1, -0.05) is 18.5 Å². The molecule has 0 saturated heterocycles. The summed E-state index contributed by atoms with van der Waals surface area (Å²) in [6, 6.07) is 16.3. The highest BCUT2D eigenvalue weighted by molar-refractivity contribution is 6.30. The first-order valence-electron chi connectivity index (χ1n) is 8.80. The number of pyridine rings is 1. The average Bonchev–Trinajstić information content (AvgIpc) is 3.11. The van der Waals surface area contributed by atoms with Crippen LogP contribution in [0, 0.1) is 0 Å². The van der Waals surface area contributed by atoms with Crippen LogP contribution in [0.2, 0.25) is 5.02 Å². The fraction of sp³-hybridized carbons (Fsp3) is 0.0952. The van der Waals surface area contributed by atoms with Crippen molar-refractivity contribution in [2.24, 2.45) is 0 Å². The van der Waals surface area contributed by atoms with Gasteiger partial charge in [0.25, 0.3) is 0 Å². The smallest absolute Gasteiger partial charge is 0.205 e. The number of halogens is 1. The molecule has 2 aromatic heterocycles. The second-order valence-corrected chi connectivity index (χ2v) is 6.59. The maximum atomic E-state index is 11.8.